The molecule has 3 nitrogen and oxygen atoms in total. The number of hydrogen-bond donors (Lipinski definition) is 1. The van der Waals surface area contributed by atoms with E-state index in [1.165, 1.54) is 0 Å². The number of hydrogen-bond acceptors (Lipinski definition) is 3. The Bertz CT molecular complexity index is 345. The van der Waals surface area contributed by atoms with E-state index in [1.54, 1.807) is 0 Å². The predicted octanol–water partition coefficient (Wildman–Crippen LogP) is 2.87. The lowest BCUT2D eigenvalue weighted by Crippen LogP contribution is -2.25. The van der Waals surface area contributed by atoms with Crippen molar-refractivity contribution < 1.29 is 14.6 Å². The molecule has 0 spiro atoms. The first kappa shape index (κ1) is 13.8. The second-order valence-electron chi connectivity index (χ2n) is 5.25. The third kappa shape index (κ3) is 5.09. The van der Waals surface area contributed by atoms with Crippen LogP contribution in [0.3, 0.4) is 0 Å². The van der Waals surface area contributed by atoms with Crippen molar-refractivity contribution in [1.82, 2.24) is 0 Å². The first-order valence-electron chi connectivity index (χ1n) is 5.93. The Kier molecular flexibility index (Phi) is 4.82. The van der Waals surface area contributed by atoms with Gasteiger partial charge in [0.2, 0.25) is 0 Å². The van der Waals surface area contributed by atoms with Crippen LogP contribution in [0.1, 0.15) is 27.7 Å². The Labute approximate surface area is 103 Å². The standard InChI is InChI=1S/C14H22O3/c1-11(2)17-13-7-5-6-12(8-13)16-10-14(3,4)9-15/h5-8,11,15H,9-10H2,1-4H3. The Morgan fingerprint density at radius 2 is 1.88 bits per heavy atom. The van der Waals surface area contributed by atoms with Gasteiger partial charge in [0.05, 0.1) is 19.3 Å². The van der Waals surface area contributed by atoms with Gasteiger partial charge in [-0.25, -0.2) is 0 Å². The molecule has 1 N–H and O–H groups in total. The van der Waals surface area contributed by atoms with Crippen molar-refractivity contribution in [2.24, 2.45) is 5.41 Å². The van der Waals surface area contributed by atoms with Gasteiger partial charge in [0, 0.05) is 11.5 Å². The van der Waals surface area contributed by atoms with Crippen molar-refractivity contribution in [3.05, 3.63) is 24.3 Å². The quantitative estimate of drug-likeness (QED) is 0.828. The van der Waals surface area contributed by atoms with Gasteiger partial charge in [-0.3, -0.25) is 0 Å². The molecule has 0 aliphatic heterocycles. The second-order valence-corrected chi connectivity index (χ2v) is 5.25. The molecule has 1 rings (SSSR count). The summed E-state index contributed by atoms with van der Waals surface area (Å²) >= 11 is 0. The summed E-state index contributed by atoms with van der Waals surface area (Å²) in [5, 5.41) is 9.14. The fourth-order valence-corrected chi connectivity index (χ4v) is 1.23. The topological polar surface area (TPSA) is 38.7 Å². The van der Waals surface area contributed by atoms with E-state index < -0.39 is 0 Å². The van der Waals surface area contributed by atoms with Crippen LogP contribution in [0.4, 0.5) is 0 Å². The molecule has 0 atom stereocenters. The molecule has 0 saturated carbocycles. The van der Waals surface area contributed by atoms with Crippen molar-refractivity contribution in [2.45, 2.75) is 33.8 Å². The fraction of sp³-hybridized carbons (Fsp3) is 0.571. The number of aliphatic hydroxyl groups excluding tert-OH is 1. The van der Waals surface area contributed by atoms with Crippen LogP contribution in [-0.2, 0) is 0 Å². The van der Waals surface area contributed by atoms with Crippen LogP contribution >= 0.6 is 0 Å². The van der Waals surface area contributed by atoms with Crippen LogP contribution in [0.25, 0.3) is 0 Å². The third-order valence-corrected chi connectivity index (χ3v) is 2.23. The molecule has 0 aliphatic rings. The van der Waals surface area contributed by atoms with Crippen LogP contribution in [0.15, 0.2) is 24.3 Å². The molecule has 96 valence electrons. The number of benzene rings is 1. The van der Waals surface area contributed by atoms with Crippen LogP contribution < -0.4 is 9.47 Å². The molecule has 0 saturated heterocycles. The summed E-state index contributed by atoms with van der Waals surface area (Å²) < 4.78 is 11.2. The molecule has 0 aliphatic carbocycles. The van der Waals surface area contributed by atoms with E-state index in [9.17, 15) is 0 Å². The summed E-state index contributed by atoms with van der Waals surface area (Å²) in [6.45, 7) is 8.48. The van der Waals surface area contributed by atoms with Crippen molar-refractivity contribution in [2.75, 3.05) is 13.2 Å². The molecule has 17 heavy (non-hydrogen) atoms. The lowest BCUT2D eigenvalue weighted by Gasteiger charge is -2.22. The summed E-state index contributed by atoms with van der Waals surface area (Å²) in [4.78, 5) is 0. The summed E-state index contributed by atoms with van der Waals surface area (Å²) in [6, 6.07) is 7.57. The van der Waals surface area contributed by atoms with Crippen molar-refractivity contribution in [3.8, 4) is 11.5 Å². The molecule has 0 radical (unpaired) electrons. The number of aliphatic hydroxyl groups is 1. The van der Waals surface area contributed by atoms with E-state index in [1.807, 2.05) is 52.0 Å². The van der Waals surface area contributed by atoms with Crippen molar-refractivity contribution in [3.63, 3.8) is 0 Å². The van der Waals surface area contributed by atoms with E-state index in [2.05, 4.69) is 0 Å². The highest BCUT2D eigenvalue weighted by Crippen LogP contribution is 2.23. The van der Waals surface area contributed by atoms with Gasteiger partial charge in [0.15, 0.2) is 0 Å². The fourth-order valence-electron chi connectivity index (χ4n) is 1.23. The molecule has 0 bridgehead atoms. The zero-order chi connectivity index (χ0) is 12.9. The molecular weight excluding hydrogens is 216 g/mol. The number of ether oxygens (including phenoxy) is 2. The van der Waals surface area contributed by atoms with Gasteiger partial charge in [0.25, 0.3) is 0 Å². The minimum absolute atomic E-state index is 0.106. The molecule has 1 aromatic carbocycles. The smallest absolute Gasteiger partial charge is 0.123 e. The minimum atomic E-state index is -0.227. The maximum atomic E-state index is 9.14. The maximum absolute atomic E-state index is 9.14. The Morgan fingerprint density at radius 3 is 2.47 bits per heavy atom. The van der Waals surface area contributed by atoms with Gasteiger partial charge in [-0.2, -0.15) is 0 Å². The SMILES string of the molecule is CC(C)Oc1cccc(OCC(C)(C)CO)c1. The van der Waals surface area contributed by atoms with Gasteiger partial charge in [-0.1, -0.05) is 19.9 Å². The lowest BCUT2D eigenvalue weighted by molar-refractivity contribution is 0.0973. The first-order chi connectivity index (χ1) is 7.93. The Morgan fingerprint density at radius 1 is 1.24 bits per heavy atom. The highest BCUT2D eigenvalue weighted by atomic mass is 16.5. The number of rotatable bonds is 6. The van der Waals surface area contributed by atoms with E-state index in [4.69, 9.17) is 14.6 Å². The predicted molar refractivity (Wildman–Crippen MR) is 68.6 cm³/mol. The first-order valence-corrected chi connectivity index (χ1v) is 5.93. The zero-order valence-corrected chi connectivity index (χ0v) is 11.1. The summed E-state index contributed by atoms with van der Waals surface area (Å²) in [6.07, 6.45) is 0.152. The highest BCUT2D eigenvalue weighted by Gasteiger charge is 2.17. The van der Waals surface area contributed by atoms with Gasteiger partial charge in [-0.05, 0) is 26.0 Å². The third-order valence-electron chi connectivity index (χ3n) is 2.23. The summed E-state index contributed by atoms with van der Waals surface area (Å²) in [7, 11) is 0. The summed E-state index contributed by atoms with van der Waals surface area (Å²) in [5.41, 5.74) is -0.227. The van der Waals surface area contributed by atoms with Gasteiger partial charge in [-0.15, -0.1) is 0 Å². The highest BCUT2D eigenvalue weighted by molar-refractivity contribution is 5.33. The van der Waals surface area contributed by atoms with Crippen molar-refractivity contribution >= 4 is 0 Å². The molecule has 0 amide bonds. The Balaban J connectivity index is 2.60. The van der Waals surface area contributed by atoms with Crippen LogP contribution in [-0.4, -0.2) is 24.4 Å². The molecule has 0 aromatic heterocycles. The largest absolute Gasteiger partial charge is 0.493 e. The van der Waals surface area contributed by atoms with Gasteiger partial charge in [0.1, 0.15) is 11.5 Å². The molecule has 0 fully saturated rings. The van der Waals surface area contributed by atoms with E-state index >= 15 is 0 Å². The van der Waals surface area contributed by atoms with E-state index in [0.717, 1.165) is 11.5 Å². The van der Waals surface area contributed by atoms with Crippen LogP contribution in [0.5, 0.6) is 11.5 Å². The second kappa shape index (κ2) is 5.92. The average Bonchev–Trinajstić information content (AvgIpc) is 2.26. The Hall–Kier alpha value is -1.22. The lowest BCUT2D eigenvalue weighted by atomic mass is 9.97. The minimum Gasteiger partial charge on any atom is -0.493 e. The maximum Gasteiger partial charge on any atom is 0.123 e. The van der Waals surface area contributed by atoms with Gasteiger partial charge >= 0.3 is 0 Å². The molecular formula is C14H22O3. The summed E-state index contributed by atoms with van der Waals surface area (Å²) in [5.74, 6) is 1.57. The molecule has 0 heterocycles. The monoisotopic (exact) mass is 238 g/mol. The van der Waals surface area contributed by atoms with Crippen LogP contribution in [0, 0.1) is 5.41 Å². The van der Waals surface area contributed by atoms with E-state index in [0.29, 0.717) is 6.61 Å². The van der Waals surface area contributed by atoms with Crippen LogP contribution in [0.2, 0.25) is 0 Å². The van der Waals surface area contributed by atoms with Crippen molar-refractivity contribution in [1.29, 1.82) is 0 Å². The van der Waals surface area contributed by atoms with E-state index in [-0.39, 0.29) is 18.1 Å². The normalized spacial score (nSPS) is 11.6. The average molecular weight is 238 g/mol. The molecule has 3 heteroatoms. The zero-order valence-electron chi connectivity index (χ0n) is 11.1. The molecule has 1 aromatic rings. The van der Waals surface area contributed by atoms with Gasteiger partial charge < -0.3 is 14.6 Å². The molecule has 0 unspecified atom stereocenters.